The Morgan fingerprint density at radius 2 is 2.16 bits per heavy atom. The normalized spacial score (nSPS) is 11.3. The molecule has 0 atom stereocenters. The van der Waals surface area contributed by atoms with Crippen LogP contribution in [0.15, 0.2) is 29.4 Å². The Kier molecular flexibility index (Phi) is 4.94. The summed E-state index contributed by atoms with van der Waals surface area (Å²) in [6, 6.07) is 6.19. The topological polar surface area (TPSA) is 79.6 Å². The van der Waals surface area contributed by atoms with E-state index in [1.165, 1.54) is 18.3 Å². The second-order valence-corrected chi connectivity index (χ2v) is 5.33. The molecule has 0 heterocycles. The zero-order valence-electron chi connectivity index (χ0n) is 11.0. The minimum atomic E-state index is -0.448. The van der Waals surface area contributed by atoms with Crippen molar-refractivity contribution in [2.75, 3.05) is 0 Å². The molecule has 102 valence electrons. The van der Waals surface area contributed by atoms with Crippen molar-refractivity contribution >= 4 is 29.2 Å². The molecule has 1 aromatic rings. The van der Waals surface area contributed by atoms with E-state index in [0.29, 0.717) is 10.7 Å². The second-order valence-electron chi connectivity index (χ2n) is 4.93. The van der Waals surface area contributed by atoms with Gasteiger partial charge in [0, 0.05) is 23.2 Å². The SMILES string of the molecule is CC(C)(C)NC(=S)NN=Cc1cccc([N+](=O)[O-])c1. The van der Waals surface area contributed by atoms with Crippen molar-refractivity contribution in [2.45, 2.75) is 26.3 Å². The highest BCUT2D eigenvalue weighted by atomic mass is 32.1. The third-order valence-electron chi connectivity index (χ3n) is 1.95. The number of nitro groups is 1. The summed E-state index contributed by atoms with van der Waals surface area (Å²) in [6.07, 6.45) is 1.48. The summed E-state index contributed by atoms with van der Waals surface area (Å²) in [5.74, 6) is 0. The molecular weight excluding hydrogens is 264 g/mol. The molecule has 0 amide bonds. The number of nitro benzene ring substituents is 1. The lowest BCUT2D eigenvalue weighted by molar-refractivity contribution is -0.384. The molecule has 0 bridgehead atoms. The first kappa shape index (κ1) is 15.0. The van der Waals surface area contributed by atoms with Gasteiger partial charge in [0.05, 0.1) is 11.1 Å². The van der Waals surface area contributed by atoms with Gasteiger partial charge in [-0.2, -0.15) is 5.10 Å². The predicted octanol–water partition coefficient (Wildman–Crippen LogP) is 2.19. The third-order valence-corrected chi connectivity index (χ3v) is 2.14. The smallest absolute Gasteiger partial charge is 0.270 e. The van der Waals surface area contributed by atoms with Gasteiger partial charge >= 0.3 is 0 Å². The lowest BCUT2D eigenvalue weighted by Gasteiger charge is -2.21. The highest BCUT2D eigenvalue weighted by Crippen LogP contribution is 2.11. The molecule has 1 rings (SSSR count). The fourth-order valence-electron chi connectivity index (χ4n) is 1.25. The quantitative estimate of drug-likeness (QED) is 0.384. The number of hydrogen-bond acceptors (Lipinski definition) is 4. The zero-order valence-corrected chi connectivity index (χ0v) is 11.8. The van der Waals surface area contributed by atoms with Gasteiger partial charge in [-0.05, 0) is 33.0 Å². The summed E-state index contributed by atoms with van der Waals surface area (Å²) in [7, 11) is 0. The van der Waals surface area contributed by atoms with Gasteiger partial charge in [0.25, 0.3) is 5.69 Å². The number of rotatable bonds is 3. The number of nitrogens with one attached hydrogen (secondary N) is 2. The van der Waals surface area contributed by atoms with Gasteiger partial charge < -0.3 is 5.32 Å². The van der Waals surface area contributed by atoms with E-state index in [9.17, 15) is 10.1 Å². The molecule has 0 unspecified atom stereocenters. The van der Waals surface area contributed by atoms with E-state index in [-0.39, 0.29) is 11.2 Å². The molecule has 0 aliphatic heterocycles. The van der Waals surface area contributed by atoms with Crippen LogP contribution < -0.4 is 10.7 Å². The van der Waals surface area contributed by atoms with Crippen molar-refractivity contribution < 1.29 is 4.92 Å². The van der Waals surface area contributed by atoms with E-state index in [1.807, 2.05) is 20.8 Å². The molecule has 7 heteroatoms. The molecule has 1 aromatic carbocycles. The lowest BCUT2D eigenvalue weighted by Crippen LogP contribution is -2.44. The highest BCUT2D eigenvalue weighted by molar-refractivity contribution is 7.80. The average Bonchev–Trinajstić information content (AvgIpc) is 2.27. The van der Waals surface area contributed by atoms with Crippen LogP contribution in [0, 0.1) is 10.1 Å². The molecule has 0 saturated heterocycles. The Morgan fingerprint density at radius 3 is 2.74 bits per heavy atom. The predicted molar refractivity (Wildman–Crippen MR) is 79.3 cm³/mol. The van der Waals surface area contributed by atoms with Gasteiger partial charge in [-0.15, -0.1) is 0 Å². The minimum Gasteiger partial charge on any atom is -0.357 e. The largest absolute Gasteiger partial charge is 0.357 e. The van der Waals surface area contributed by atoms with Crippen molar-refractivity contribution in [3.8, 4) is 0 Å². The number of hydrogen-bond donors (Lipinski definition) is 2. The Balaban J connectivity index is 2.60. The Bertz CT molecular complexity index is 509. The monoisotopic (exact) mass is 280 g/mol. The number of non-ortho nitro benzene ring substituents is 1. The molecular formula is C12H16N4O2S. The van der Waals surface area contributed by atoms with Gasteiger partial charge in [-0.25, -0.2) is 0 Å². The fourth-order valence-corrected chi connectivity index (χ4v) is 1.61. The van der Waals surface area contributed by atoms with Crippen molar-refractivity contribution in [2.24, 2.45) is 5.10 Å². The van der Waals surface area contributed by atoms with Gasteiger partial charge in [0.15, 0.2) is 5.11 Å². The van der Waals surface area contributed by atoms with Crippen LogP contribution in [0.4, 0.5) is 5.69 Å². The van der Waals surface area contributed by atoms with Crippen LogP contribution in [0.25, 0.3) is 0 Å². The van der Waals surface area contributed by atoms with E-state index in [1.54, 1.807) is 12.1 Å². The fraction of sp³-hybridized carbons (Fsp3) is 0.333. The molecule has 19 heavy (non-hydrogen) atoms. The molecule has 0 radical (unpaired) electrons. The lowest BCUT2D eigenvalue weighted by atomic mass is 10.1. The van der Waals surface area contributed by atoms with E-state index < -0.39 is 4.92 Å². The van der Waals surface area contributed by atoms with E-state index in [2.05, 4.69) is 15.8 Å². The minimum absolute atomic E-state index is 0.0272. The van der Waals surface area contributed by atoms with Gasteiger partial charge in [0.1, 0.15) is 0 Å². The standard InChI is InChI=1S/C12H16N4O2S/c1-12(2,3)14-11(19)15-13-8-9-5-4-6-10(7-9)16(17)18/h4-8H,1-3H3,(H2,14,15,19). The number of thiocarbonyl (C=S) groups is 1. The Labute approximate surface area is 117 Å². The molecule has 0 aliphatic carbocycles. The summed E-state index contributed by atoms with van der Waals surface area (Å²) in [6.45, 7) is 5.93. The van der Waals surface area contributed by atoms with Crippen LogP contribution in [0.2, 0.25) is 0 Å². The van der Waals surface area contributed by atoms with Crippen LogP contribution in [0.3, 0.4) is 0 Å². The van der Waals surface area contributed by atoms with Gasteiger partial charge in [-0.3, -0.25) is 15.5 Å². The highest BCUT2D eigenvalue weighted by Gasteiger charge is 2.10. The van der Waals surface area contributed by atoms with Crippen LogP contribution in [0.5, 0.6) is 0 Å². The summed E-state index contributed by atoms with van der Waals surface area (Å²) >= 11 is 5.04. The molecule has 2 N–H and O–H groups in total. The van der Waals surface area contributed by atoms with E-state index in [0.717, 1.165) is 0 Å². The van der Waals surface area contributed by atoms with Crippen molar-refractivity contribution in [1.29, 1.82) is 0 Å². The average molecular weight is 280 g/mol. The maximum Gasteiger partial charge on any atom is 0.270 e. The number of benzene rings is 1. The third kappa shape index (κ3) is 5.91. The summed E-state index contributed by atoms with van der Waals surface area (Å²) in [5.41, 5.74) is 3.16. The van der Waals surface area contributed by atoms with Crippen LogP contribution >= 0.6 is 12.2 Å². The van der Waals surface area contributed by atoms with Crippen LogP contribution in [-0.2, 0) is 0 Å². The van der Waals surface area contributed by atoms with Crippen molar-refractivity contribution in [3.05, 3.63) is 39.9 Å². The van der Waals surface area contributed by atoms with Gasteiger partial charge in [0.2, 0.25) is 0 Å². The van der Waals surface area contributed by atoms with Crippen molar-refractivity contribution in [1.82, 2.24) is 10.7 Å². The molecule has 0 aliphatic rings. The summed E-state index contributed by atoms with van der Waals surface area (Å²) in [5, 5.41) is 18.0. The molecule has 0 aromatic heterocycles. The second kappa shape index (κ2) is 6.24. The summed E-state index contributed by atoms with van der Waals surface area (Å²) < 4.78 is 0. The van der Waals surface area contributed by atoms with Crippen LogP contribution in [0.1, 0.15) is 26.3 Å². The first-order valence-electron chi connectivity index (χ1n) is 5.63. The first-order chi connectivity index (χ1) is 8.78. The van der Waals surface area contributed by atoms with Gasteiger partial charge in [-0.1, -0.05) is 12.1 Å². The Hall–Kier alpha value is -2.02. The molecule has 0 fully saturated rings. The van der Waals surface area contributed by atoms with Crippen molar-refractivity contribution in [3.63, 3.8) is 0 Å². The number of hydrazone groups is 1. The maximum atomic E-state index is 10.6. The van der Waals surface area contributed by atoms with Crippen LogP contribution in [-0.4, -0.2) is 21.8 Å². The number of nitrogens with zero attached hydrogens (tertiary/aromatic N) is 2. The maximum absolute atomic E-state index is 10.6. The Morgan fingerprint density at radius 1 is 1.47 bits per heavy atom. The van der Waals surface area contributed by atoms with E-state index in [4.69, 9.17) is 12.2 Å². The molecule has 0 spiro atoms. The summed E-state index contributed by atoms with van der Waals surface area (Å²) in [4.78, 5) is 10.2. The van der Waals surface area contributed by atoms with E-state index >= 15 is 0 Å². The molecule has 0 saturated carbocycles. The molecule has 6 nitrogen and oxygen atoms in total. The first-order valence-corrected chi connectivity index (χ1v) is 6.04. The zero-order chi connectivity index (χ0) is 14.5.